The minimum Gasteiger partial charge on any atom is -0.489 e. The summed E-state index contributed by atoms with van der Waals surface area (Å²) in [6.07, 6.45) is 1.65. The lowest BCUT2D eigenvalue weighted by Gasteiger charge is -2.14. The number of carbonyl (C=O) groups is 2. The zero-order valence-electron chi connectivity index (χ0n) is 16.6. The van der Waals surface area contributed by atoms with Gasteiger partial charge in [-0.1, -0.05) is 18.2 Å². The van der Waals surface area contributed by atoms with E-state index in [4.69, 9.17) is 9.47 Å². The van der Waals surface area contributed by atoms with E-state index in [9.17, 15) is 9.59 Å². The van der Waals surface area contributed by atoms with Gasteiger partial charge in [-0.25, -0.2) is 4.98 Å². The highest BCUT2D eigenvalue weighted by Gasteiger charge is 2.22. The van der Waals surface area contributed by atoms with Gasteiger partial charge in [-0.3, -0.25) is 14.0 Å². The van der Waals surface area contributed by atoms with Crippen molar-refractivity contribution in [3.63, 3.8) is 0 Å². The fourth-order valence-corrected chi connectivity index (χ4v) is 2.82. The third-order valence-corrected chi connectivity index (χ3v) is 4.06. The standard InChI is InChI=1S/C21H24N4O4/c1-14(2)29-17-10-5-4-8-15(17)23-21(27)19-24-18(20(26)22-11-13-28-3)16-9-6-7-12-25(16)19/h4-10,12,14H,11,13H2,1-3H3,(H,22,26)(H,23,27). The molecule has 0 radical (unpaired) electrons. The van der Waals surface area contributed by atoms with Crippen LogP contribution in [-0.4, -0.2) is 47.6 Å². The molecule has 0 saturated heterocycles. The molecule has 1 aromatic carbocycles. The second-order valence-corrected chi connectivity index (χ2v) is 6.61. The van der Waals surface area contributed by atoms with Gasteiger partial charge in [-0.2, -0.15) is 0 Å². The average molecular weight is 396 g/mol. The van der Waals surface area contributed by atoms with Crippen molar-refractivity contribution in [1.29, 1.82) is 0 Å². The highest BCUT2D eigenvalue weighted by atomic mass is 16.5. The van der Waals surface area contributed by atoms with Crippen LogP contribution in [0.3, 0.4) is 0 Å². The highest BCUT2D eigenvalue weighted by Crippen LogP contribution is 2.25. The number of carbonyl (C=O) groups excluding carboxylic acids is 2. The maximum atomic E-state index is 13.0. The van der Waals surface area contributed by atoms with E-state index in [-0.39, 0.29) is 23.5 Å². The molecule has 0 aliphatic rings. The molecule has 0 spiro atoms. The molecule has 0 bridgehead atoms. The zero-order valence-corrected chi connectivity index (χ0v) is 16.6. The SMILES string of the molecule is COCCNC(=O)c1nc(C(=O)Nc2ccccc2OC(C)C)n2ccccc12. The summed E-state index contributed by atoms with van der Waals surface area (Å²) in [5.41, 5.74) is 1.25. The van der Waals surface area contributed by atoms with Crippen LogP contribution in [0.25, 0.3) is 5.52 Å². The molecule has 2 heterocycles. The first-order valence-electron chi connectivity index (χ1n) is 9.32. The molecule has 2 aromatic heterocycles. The fourth-order valence-electron chi connectivity index (χ4n) is 2.82. The number of ether oxygens (including phenoxy) is 2. The number of anilines is 1. The van der Waals surface area contributed by atoms with E-state index in [1.165, 1.54) is 0 Å². The molecule has 8 heteroatoms. The van der Waals surface area contributed by atoms with Gasteiger partial charge in [0.05, 0.1) is 23.9 Å². The smallest absolute Gasteiger partial charge is 0.292 e. The molecular weight excluding hydrogens is 372 g/mol. The molecule has 2 amide bonds. The van der Waals surface area contributed by atoms with Gasteiger partial charge in [-0.15, -0.1) is 0 Å². The Hall–Kier alpha value is -3.39. The average Bonchev–Trinajstić information content (AvgIpc) is 3.09. The van der Waals surface area contributed by atoms with Crippen LogP contribution in [0.5, 0.6) is 5.75 Å². The zero-order chi connectivity index (χ0) is 20.8. The lowest BCUT2D eigenvalue weighted by molar-refractivity contribution is 0.0934. The van der Waals surface area contributed by atoms with Crippen molar-refractivity contribution in [2.24, 2.45) is 0 Å². The second kappa shape index (κ2) is 9.20. The van der Waals surface area contributed by atoms with Gasteiger partial charge in [0, 0.05) is 19.9 Å². The van der Waals surface area contributed by atoms with Crippen LogP contribution in [0.1, 0.15) is 35.0 Å². The van der Waals surface area contributed by atoms with Crippen LogP contribution in [-0.2, 0) is 4.74 Å². The molecule has 2 N–H and O–H groups in total. The van der Waals surface area contributed by atoms with Crippen molar-refractivity contribution >= 4 is 23.0 Å². The fraction of sp³-hybridized carbons (Fsp3) is 0.286. The van der Waals surface area contributed by atoms with Crippen molar-refractivity contribution in [3.05, 3.63) is 60.2 Å². The normalized spacial score (nSPS) is 10.9. The second-order valence-electron chi connectivity index (χ2n) is 6.61. The summed E-state index contributed by atoms with van der Waals surface area (Å²) in [6.45, 7) is 4.56. The summed E-state index contributed by atoms with van der Waals surface area (Å²) in [4.78, 5) is 29.8. The van der Waals surface area contributed by atoms with E-state index in [1.807, 2.05) is 19.9 Å². The highest BCUT2D eigenvalue weighted by molar-refractivity contribution is 6.06. The number of imidazole rings is 1. The Morgan fingerprint density at radius 3 is 2.62 bits per heavy atom. The Morgan fingerprint density at radius 1 is 1.10 bits per heavy atom. The molecule has 29 heavy (non-hydrogen) atoms. The van der Waals surface area contributed by atoms with Crippen LogP contribution < -0.4 is 15.4 Å². The predicted molar refractivity (Wildman–Crippen MR) is 110 cm³/mol. The number of amides is 2. The van der Waals surface area contributed by atoms with E-state index in [1.54, 1.807) is 54.1 Å². The predicted octanol–water partition coefficient (Wildman–Crippen LogP) is 2.75. The van der Waals surface area contributed by atoms with Gasteiger partial charge in [0.2, 0.25) is 5.82 Å². The van der Waals surface area contributed by atoms with Gasteiger partial charge in [0.25, 0.3) is 11.8 Å². The van der Waals surface area contributed by atoms with Gasteiger partial charge in [0.1, 0.15) is 5.75 Å². The molecular formula is C21H24N4O4. The Bertz CT molecular complexity index is 1010. The van der Waals surface area contributed by atoms with Crippen molar-refractivity contribution in [3.8, 4) is 5.75 Å². The van der Waals surface area contributed by atoms with Crippen molar-refractivity contribution in [2.75, 3.05) is 25.6 Å². The number of benzene rings is 1. The minimum absolute atomic E-state index is 0.0392. The Balaban J connectivity index is 1.90. The van der Waals surface area contributed by atoms with Crippen LogP contribution in [0.15, 0.2) is 48.7 Å². The number of aromatic nitrogens is 2. The largest absolute Gasteiger partial charge is 0.489 e. The number of pyridine rings is 1. The first-order valence-corrected chi connectivity index (χ1v) is 9.32. The number of para-hydroxylation sites is 2. The Kier molecular flexibility index (Phi) is 6.46. The summed E-state index contributed by atoms with van der Waals surface area (Å²) >= 11 is 0. The third-order valence-electron chi connectivity index (χ3n) is 4.06. The maximum Gasteiger partial charge on any atom is 0.292 e. The maximum absolute atomic E-state index is 13.0. The van der Waals surface area contributed by atoms with E-state index in [0.29, 0.717) is 30.1 Å². The van der Waals surface area contributed by atoms with E-state index in [0.717, 1.165) is 0 Å². The van der Waals surface area contributed by atoms with Crippen molar-refractivity contribution < 1.29 is 19.1 Å². The monoisotopic (exact) mass is 396 g/mol. The van der Waals surface area contributed by atoms with E-state index in [2.05, 4.69) is 15.6 Å². The summed E-state index contributed by atoms with van der Waals surface area (Å²) in [7, 11) is 1.56. The first-order chi connectivity index (χ1) is 14.0. The lowest BCUT2D eigenvalue weighted by atomic mass is 10.3. The summed E-state index contributed by atoms with van der Waals surface area (Å²) in [5, 5.41) is 5.56. The molecule has 0 saturated carbocycles. The number of rotatable bonds is 8. The van der Waals surface area contributed by atoms with Crippen LogP contribution in [0.2, 0.25) is 0 Å². The molecule has 152 valence electrons. The number of hydrogen-bond acceptors (Lipinski definition) is 5. The molecule has 0 aliphatic heterocycles. The molecule has 3 rings (SSSR count). The molecule has 0 atom stereocenters. The van der Waals surface area contributed by atoms with E-state index >= 15 is 0 Å². The number of hydrogen-bond donors (Lipinski definition) is 2. The van der Waals surface area contributed by atoms with Gasteiger partial charge >= 0.3 is 0 Å². The van der Waals surface area contributed by atoms with Gasteiger partial charge in [-0.05, 0) is 38.1 Å². The Labute approximate surface area is 168 Å². The van der Waals surface area contributed by atoms with Gasteiger partial charge in [0.15, 0.2) is 5.69 Å². The van der Waals surface area contributed by atoms with Gasteiger partial charge < -0.3 is 20.1 Å². The molecule has 0 fully saturated rings. The summed E-state index contributed by atoms with van der Waals surface area (Å²) in [6, 6.07) is 12.5. The van der Waals surface area contributed by atoms with Crippen molar-refractivity contribution in [1.82, 2.24) is 14.7 Å². The number of nitrogens with one attached hydrogen (secondary N) is 2. The van der Waals surface area contributed by atoms with Crippen LogP contribution in [0, 0.1) is 0 Å². The molecule has 8 nitrogen and oxygen atoms in total. The topological polar surface area (TPSA) is 94.0 Å². The summed E-state index contributed by atoms with van der Waals surface area (Å²) in [5.74, 6) is -0.138. The van der Waals surface area contributed by atoms with Crippen molar-refractivity contribution in [2.45, 2.75) is 20.0 Å². The lowest BCUT2D eigenvalue weighted by Crippen LogP contribution is -2.27. The molecule has 0 aliphatic carbocycles. The van der Waals surface area contributed by atoms with E-state index < -0.39 is 5.91 Å². The quantitative estimate of drug-likeness (QED) is 0.571. The summed E-state index contributed by atoms with van der Waals surface area (Å²) < 4.78 is 12.3. The molecule has 0 unspecified atom stereocenters. The number of nitrogens with zero attached hydrogens (tertiary/aromatic N) is 2. The van der Waals surface area contributed by atoms with Crippen LogP contribution >= 0.6 is 0 Å². The Morgan fingerprint density at radius 2 is 1.86 bits per heavy atom. The minimum atomic E-state index is -0.443. The number of fused-ring (bicyclic) bond motifs is 1. The third kappa shape index (κ3) is 4.72. The molecule has 3 aromatic rings. The van der Waals surface area contributed by atoms with Crippen LogP contribution in [0.4, 0.5) is 5.69 Å². The first kappa shape index (κ1) is 20.3. The number of methoxy groups -OCH3 is 1.